The number of rotatable bonds is 6. The van der Waals surface area contributed by atoms with Crippen LogP contribution in [0.4, 0.5) is 5.69 Å². The maximum atomic E-state index is 11.9. The molecule has 0 aliphatic heterocycles. The number of thiophene rings is 1. The molecule has 0 atom stereocenters. The lowest BCUT2D eigenvalue weighted by atomic mass is 10.2. The fourth-order valence-corrected chi connectivity index (χ4v) is 2.43. The van der Waals surface area contributed by atoms with Crippen molar-refractivity contribution >= 4 is 29.0 Å². The molecule has 1 heterocycles. The number of benzene rings is 1. The molecule has 2 rings (SSSR count). The van der Waals surface area contributed by atoms with Crippen LogP contribution in [0, 0.1) is 6.92 Å². The van der Waals surface area contributed by atoms with E-state index < -0.39 is 0 Å². The topological polar surface area (TPSA) is 38.3 Å². The summed E-state index contributed by atoms with van der Waals surface area (Å²) in [5, 5.41) is 6.86. The predicted octanol–water partition coefficient (Wildman–Crippen LogP) is 4.50. The van der Waals surface area contributed by atoms with Gasteiger partial charge in [0.1, 0.15) is 5.75 Å². The number of hydrogen-bond donors (Lipinski definition) is 1. The highest BCUT2D eigenvalue weighted by Gasteiger charge is 2.03. The number of carbonyl (C=O) groups is 1. The molecule has 0 aliphatic carbocycles. The minimum absolute atomic E-state index is 0.133. The lowest BCUT2D eigenvalue weighted by Crippen LogP contribution is -2.09. The van der Waals surface area contributed by atoms with Gasteiger partial charge in [0.25, 0.3) is 0 Å². The molecule has 1 aromatic carbocycles. The Balaban J connectivity index is 1.97. The van der Waals surface area contributed by atoms with E-state index in [0.29, 0.717) is 6.61 Å². The normalized spacial score (nSPS) is 10.8. The van der Waals surface area contributed by atoms with Crippen molar-refractivity contribution in [2.75, 3.05) is 11.9 Å². The highest BCUT2D eigenvalue weighted by Crippen LogP contribution is 2.21. The largest absolute Gasteiger partial charge is 0.494 e. The number of ether oxygens (including phenoxy) is 1. The van der Waals surface area contributed by atoms with E-state index >= 15 is 0 Å². The number of hydrogen-bond acceptors (Lipinski definition) is 3. The SMILES string of the molecule is CCCOc1ccc(NC(=O)/C=C/c2ccsc2)c(C)c1. The molecule has 0 aliphatic rings. The maximum Gasteiger partial charge on any atom is 0.248 e. The zero-order valence-corrected chi connectivity index (χ0v) is 13.1. The molecular weight excluding hydrogens is 282 g/mol. The molecule has 21 heavy (non-hydrogen) atoms. The van der Waals surface area contributed by atoms with Gasteiger partial charge < -0.3 is 10.1 Å². The van der Waals surface area contributed by atoms with Gasteiger partial charge in [0.05, 0.1) is 6.61 Å². The van der Waals surface area contributed by atoms with Crippen molar-refractivity contribution < 1.29 is 9.53 Å². The van der Waals surface area contributed by atoms with Crippen molar-refractivity contribution in [3.05, 3.63) is 52.2 Å². The van der Waals surface area contributed by atoms with Gasteiger partial charge in [0, 0.05) is 11.8 Å². The molecule has 1 N–H and O–H groups in total. The average molecular weight is 301 g/mol. The summed E-state index contributed by atoms with van der Waals surface area (Å²) in [4.78, 5) is 11.9. The summed E-state index contributed by atoms with van der Waals surface area (Å²) in [6.07, 6.45) is 4.33. The monoisotopic (exact) mass is 301 g/mol. The van der Waals surface area contributed by atoms with Gasteiger partial charge >= 0.3 is 0 Å². The van der Waals surface area contributed by atoms with Crippen LogP contribution in [0.5, 0.6) is 5.75 Å². The molecule has 0 unspecified atom stereocenters. The van der Waals surface area contributed by atoms with E-state index in [0.717, 1.165) is 29.0 Å². The average Bonchev–Trinajstić information content (AvgIpc) is 2.99. The highest BCUT2D eigenvalue weighted by atomic mass is 32.1. The van der Waals surface area contributed by atoms with Gasteiger partial charge in [0.15, 0.2) is 0 Å². The number of nitrogens with one attached hydrogen (secondary N) is 1. The van der Waals surface area contributed by atoms with Crippen molar-refractivity contribution in [2.45, 2.75) is 20.3 Å². The Kier molecular flexibility index (Phi) is 5.58. The Morgan fingerprint density at radius 2 is 2.24 bits per heavy atom. The van der Waals surface area contributed by atoms with E-state index in [4.69, 9.17) is 4.74 Å². The summed E-state index contributed by atoms with van der Waals surface area (Å²) in [5.74, 6) is 0.702. The summed E-state index contributed by atoms with van der Waals surface area (Å²) in [7, 11) is 0. The lowest BCUT2D eigenvalue weighted by molar-refractivity contribution is -0.111. The van der Waals surface area contributed by atoms with Crippen molar-refractivity contribution in [3.8, 4) is 5.75 Å². The van der Waals surface area contributed by atoms with E-state index in [1.807, 2.05) is 41.9 Å². The number of anilines is 1. The van der Waals surface area contributed by atoms with Gasteiger partial charge in [-0.05, 0) is 65.6 Å². The lowest BCUT2D eigenvalue weighted by Gasteiger charge is -2.10. The summed E-state index contributed by atoms with van der Waals surface area (Å²) in [6, 6.07) is 7.66. The Morgan fingerprint density at radius 1 is 1.38 bits per heavy atom. The molecule has 110 valence electrons. The van der Waals surface area contributed by atoms with Crippen molar-refractivity contribution in [3.63, 3.8) is 0 Å². The zero-order chi connectivity index (χ0) is 15.1. The smallest absolute Gasteiger partial charge is 0.248 e. The molecule has 1 amide bonds. The van der Waals surface area contributed by atoms with E-state index in [-0.39, 0.29) is 5.91 Å². The van der Waals surface area contributed by atoms with Gasteiger partial charge in [-0.3, -0.25) is 4.79 Å². The predicted molar refractivity (Wildman–Crippen MR) is 88.9 cm³/mol. The maximum absolute atomic E-state index is 11.9. The van der Waals surface area contributed by atoms with Crippen LogP contribution < -0.4 is 10.1 Å². The zero-order valence-electron chi connectivity index (χ0n) is 12.3. The minimum Gasteiger partial charge on any atom is -0.494 e. The molecule has 0 bridgehead atoms. The first kappa shape index (κ1) is 15.3. The van der Waals surface area contributed by atoms with Crippen LogP contribution >= 0.6 is 11.3 Å². The summed E-state index contributed by atoms with van der Waals surface area (Å²) in [5.41, 5.74) is 2.83. The van der Waals surface area contributed by atoms with Crippen molar-refractivity contribution in [2.24, 2.45) is 0 Å². The minimum atomic E-state index is -0.133. The molecule has 0 saturated carbocycles. The quantitative estimate of drug-likeness (QED) is 0.798. The number of aryl methyl sites for hydroxylation is 1. The second-order valence-corrected chi connectivity index (χ2v) is 5.48. The van der Waals surface area contributed by atoms with Gasteiger partial charge in [-0.1, -0.05) is 6.92 Å². The van der Waals surface area contributed by atoms with Crippen LogP contribution in [0.15, 0.2) is 41.1 Å². The van der Waals surface area contributed by atoms with Crippen LogP contribution in [0.25, 0.3) is 6.08 Å². The molecule has 0 fully saturated rings. The number of amides is 1. The van der Waals surface area contributed by atoms with Gasteiger partial charge in [-0.25, -0.2) is 0 Å². The van der Waals surface area contributed by atoms with E-state index in [9.17, 15) is 4.79 Å². The van der Waals surface area contributed by atoms with Crippen LogP contribution in [-0.2, 0) is 4.79 Å². The van der Waals surface area contributed by atoms with E-state index in [1.54, 1.807) is 23.5 Å². The Morgan fingerprint density at radius 3 is 2.90 bits per heavy atom. The van der Waals surface area contributed by atoms with E-state index in [1.165, 1.54) is 0 Å². The molecular formula is C17H19NO2S. The second-order valence-electron chi connectivity index (χ2n) is 4.70. The van der Waals surface area contributed by atoms with Crippen LogP contribution in [-0.4, -0.2) is 12.5 Å². The van der Waals surface area contributed by atoms with Gasteiger partial charge in [-0.15, -0.1) is 0 Å². The molecule has 1 aromatic heterocycles. The third-order valence-electron chi connectivity index (χ3n) is 2.90. The third-order valence-corrected chi connectivity index (χ3v) is 3.60. The summed E-state index contributed by atoms with van der Waals surface area (Å²) < 4.78 is 5.57. The van der Waals surface area contributed by atoms with Crippen molar-refractivity contribution in [1.82, 2.24) is 0 Å². The first-order valence-corrected chi connectivity index (χ1v) is 7.88. The Hall–Kier alpha value is -2.07. The standard InChI is InChI=1S/C17H19NO2S/c1-3-9-20-15-5-6-16(13(2)11-15)18-17(19)7-4-14-8-10-21-12-14/h4-8,10-12H,3,9H2,1-2H3,(H,18,19)/b7-4+. The Labute approximate surface area is 129 Å². The number of carbonyl (C=O) groups excluding carboxylic acids is 1. The molecule has 2 aromatic rings. The highest BCUT2D eigenvalue weighted by molar-refractivity contribution is 7.08. The Bertz CT molecular complexity index is 618. The third kappa shape index (κ3) is 4.76. The van der Waals surface area contributed by atoms with Crippen LogP contribution in [0.3, 0.4) is 0 Å². The van der Waals surface area contributed by atoms with Crippen molar-refractivity contribution in [1.29, 1.82) is 0 Å². The first-order valence-electron chi connectivity index (χ1n) is 6.93. The summed E-state index contributed by atoms with van der Waals surface area (Å²) in [6.45, 7) is 4.73. The first-order chi connectivity index (χ1) is 10.2. The van der Waals surface area contributed by atoms with E-state index in [2.05, 4.69) is 12.2 Å². The van der Waals surface area contributed by atoms with Crippen LogP contribution in [0.1, 0.15) is 24.5 Å². The fourth-order valence-electron chi connectivity index (χ4n) is 1.80. The van der Waals surface area contributed by atoms with Gasteiger partial charge in [-0.2, -0.15) is 11.3 Å². The second kappa shape index (κ2) is 7.64. The molecule has 4 heteroatoms. The molecule has 3 nitrogen and oxygen atoms in total. The molecule has 0 radical (unpaired) electrons. The summed E-state index contributed by atoms with van der Waals surface area (Å²) >= 11 is 1.61. The van der Waals surface area contributed by atoms with Gasteiger partial charge in [0.2, 0.25) is 5.91 Å². The molecule has 0 spiro atoms. The van der Waals surface area contributed by atoms with Crippen LogP contribution in [0.2, 0.25) is 0 Å². The fraction of sp³-hybridized carbons (Fsp3) is 0.235. The molecule has 0 saturated heterocycles.